The first kappa shape index (κ1) is 20.4. The number of aromatic nitrogens is 7. The molecule has 13 heteroatoms. The number of nitrogens with zero attached hydrogens (tertiary/aromatic N) is 8. The van der Waals surface area contributed by atoms with Crippen LogP contribution in [-0.2, 0) is 4.74 Å². The molecule has 31 heavy (non-hydrogen) atoms. The SMILES string of the molecule is COc1nnc(-n2cnc([C@H](C)Nc3nc(C)nc(N4C(=O)OC[C@@H]4C)n3)c2)cc1F. The van der Waals surface area contributed by atoms with Gasteiger partial charge in [-0.3, -0.25) is 4.57 Å². The fraction of sp³-hybridized carbons (Fsp3) is 0.389. The number of carbonyl (C=O) groups excluding carboxylic acids is 1. The third-order valence-electron chi connectivity index (χ3n) is 4.59. The number of cyclic esters (lactones) is 1. The highest BCUT2D eigenvalue weighted by Gasteiger charge is 2.33. The van der Waals surface area contributed by atoms with Gasteiger partial charge in [0.2, 0.25) is 11.9 Å². The van der Waals surface area contributed by atoms with E-state index >= 15 is 0 Å². The number of halogens is 1. The van der Waals surface area contributed by atoms with Gasteiger partial charge in [0.05, 0.1) is 24.9 Å². The normalized spacial score (nSPS) is 16.9. The highest BCUT2D eigenvalue weighted by Crippen LogP contribution is 2.22. The number of ether oxygens (including phenoxy) is 2. The van der Waals surface area contributed by atoms with Gasteiger partial charge in [0, 0.05) is 12.3 Å². The quantitative estimate of drug-likeness (QED) is 0.618. The standard InChI is InChI=1S/C18H20FN9O3/c1-9-7-31-18(29)28(9)17-23-11(3)22-16(24-17)21-10(2)13-6-27(8-20-13)14-5-12(19)15(30-4)26-25-14/h5-6,8-10H,7H2,1-4H3,(H,21,22,23,24)/t9-,10-/m0/s1. The molecule has 3 aromatic heterocycles. The molecule has 1 aliphatic heterocycles. The molecule has 0 unspecified atom stereocenters. The summed E-state index contributed by atoms with van der Waals surface area (Å²) in [7, 11) is 1.32. The van der Waals surface area contributed by atoms with E-state index in [1.54, 1.807) is 13.1 Å². The lowest BCUT2D eigenvalue weighted by Gasteiger charge is -2.18. The van der Waals surface area contributed by atoms with E-state index in [1.165, 1.54) is 29.0 Å². The second-order valence-corrected chi connectivity index (χ2v) is 6.93. The van der Waals surface area contributed by atoms with E-state index in [-0.39, 0.29) is 42.3 Å². The molecule has 1 saturated heterocycles. The highest BCUT2D eigenvalue weighted by atomic mass is 19.1. The number of aryl methyl sites for hydroxylation is 1. The number of hydrogen-bond donors (Lipinski definition) is 1. The molecule has 4 heterocycles. The maximum absolute atomic E-state index is 13.9. The molecule has 162 valence electrons. The Kier molecular flexibility index (Phi) is 5.31. The maximum Gasteiger partial charge on any atom is 0.417 e. The predicted octanol–water partition coefficient (Wildman–Crippen LogP) is 1.82. The first-order chi connectivity index (χ1) is 14.9. The Hall–Kier alpha value is -3.90. The summed E-state index contributed by atoms with van der Waals surface area (Å²) in [5.74, 6) is 0.386. The van der Waals surface area contributed by atoms with Crippen LogP contribution in [0.4, 0.5) is 21.1 Å². The molecule has 0 aliphatic carbocycles. The lowest BCUT2D eigenvalue weighted by molar-refractivity contribution is 0.179. The Bertz CT molecular complexity index is 1120. The number of carbonyl (C=O) groups is 1. The zero-order valence-electron chi connectivity index (χ0n) is 17.3. The zero-order valence-corrected chi connectivity index (χ0v) is 17.3. The number of anilines is 2. The van der Waals surface area contributed by atoms with Crippen LogP contribution in [0.2, 0.25) is 0 Å². The average molecular weight is 429 g/mol. The van der Waals surface area contributed by atoms with E-state index in [0.29, 0.717) is 11.5 Å². The van der Waals surface area contributed by atoms with E-state index in [2.05, 4.69) is 35.5 Å². The van der Waals surface area contributed by atoms with Crippen molar-refractivity contribution in [3.8, 4) is 11.7 Å². The van der Waals surface area contributed by atoms with Crippen LogP contribution >= 0.6 is 0 Å². The summed E-state index contributed by atoms with van der Waals surface area (Å²) in [6.45, 7) is 5.68. The van der Waals surface area contributed by atoms with Crippen LogP contribution in [0.1, 0.15) is 31.4 Å². The highest BCUT2D eigenvalue weighted by molar-refractivity contribution is 5.88. The zero-order chi connectivity index (χ0) is 22.1. The van der Waals surface area contributed by atoms with Crippen molar-refractivity contribution in [1.82, 2.24) is 34.7 Å². The van der Waals surface area contributed by atoms with Crippen LogP contribution in [0.25, 0.3) is 5.82 Å². The molecule has 1 aliphatic rings. The molecule has 0 bridgehead atoms. The van der Waals surface area contributed by atoms with E-state index < -0.39 is 11.9 Å². The predicted molar refractivity (Wildman–Crippen MR) is 106 cm³/mol. The van der Waals surface area contributed by atoms with Gasteiger partial charge in [0.1, 0.15) is 18.8 Å². The summed E-state index contributed by atoms with van der Waals surface area (Å²) >= 11 is 0. The van der Waals surface area contributed by atoms with Crippen molar-refractivity contribution in [2.75, 3.05) is 23.9 Å². The van der Waals surface area contributed by atoms with E-state index in [1.807, 2.05) is 13.8 Å². The molecular weight excluding hydrogens is 409 g/mol. The van der Waals surface area contributed by atoms with Crippen LogP contribution in [0, 0.1) is 12.7 Å². The molecule has 0 saturated carbocycles. The molecule has 3 aromatic rings. The lowest BCUT2D eigenvalue weighted by atomic mass is 10.2. The summed E-state index contributed by atoms with van der Waals surface area (Å²) in [6.07, 6.45) is 2.68. The van der Waals surface area contributed by atoms with E-state index in [4.69, 9.17) is 9.47 Å². The van der Waals surface area contributed by atoms with Gasteiger partial charge >= 0.3 is 6.09 Å². The minimum absolute atomic E-state index is 0.179. The van der Waals surface area contributed by atoms with Gasteiger partial charge in [-0.05, 0) is 20.8 Å². The number of imidazole rings is 1. The monoisotopic (exact) mass is 429 g/mol. The van der Waals surface area contributed by atoms with Gasteiger partial charge in [0.15, 0.2) is 11.6 Å². The first-order valence-electron chi connectivity index (χ1n) is 9.42. The van der Waals surface area contributed by atoms with Gasteiger partial charge in [0.25, 0.3) is 5.88 Å². The summed E-state index contributed by atoms with van der Waals surface area (Å²) in [5, 5.41) is 10.7. The smallest absolute Gasteiger partial charge is 0.417 e. The summed E-state index contributed by atoms with van der Waals surface area (Å²) in [5.41, 5.74) is 0.631. The average Bonchev–Trinajstić information content (AvgIpc) is 3.34. The Morgan fingerprint density at radius 3 is 2.81 bits per heavy atom. The van der Waals surface area contributed by atoms with Crippen molar-refractivity contribution in [1.29, 1.82) is 0 Å². The van der Waals surface area contributed by atoms with Crippen molar-refractivity contribution < 1.29 is 18.7 Å². The molecule has 12 nitrogen and oxygen atoms in total. The third kappa shape index (κ3) is 4.06. The Labute approximate surface area is 176 Å². The molecule has 0 radical (unpaired) electrons. The minimum Gasteiger partial charge on any atom is -0.478 e. The molecule has 4 rings (SSSR count). The minimum atomic E-state index is -0.628. The second-order valence-electron chi connectivity index (χ2n) is 6.93. The molecule has 1 fully saturated rings. The molecular formula is C18H20FN9O3. The van der Waals surface area contributed by atoms with Crippen molar-refractivity contribution in [2.45, 2.75) is 32.9 Å². The maximum atomic E-state index is 13.9. The molecule has 0 aromatic carbocycles. The number of rotatable bonds is 6. The molecule has 0 spiro atoms. The fourth-order valence-corrected chi connectivity index (χ4v) is 3.00. The Morgan fingerprint density at radius 1 is 1.32 bits per heavy atom. The second kappa shape index (κ2) is 8.08. The first-order valence-corrected chi connectivity index (χ1v) is 9.42. The molecule has 1 N–H and O–H groups in total. The van der Waals surface area contributed by atoms with Gasteiger partial charge in [-0.15, -0.1) is 10.2 Å². The van der Waals surface area contributed by atoms with Crippen LogP contribution < -0.4 is 15.0 Å². The van der Waals surface area contributed by atoms with Crippen LogP contribution in [-0.4, -0.2) is 60.6 Å². The topological polar surface area (TPSA) is 133 Å². The Balaban J connectivity index is 1.53. The number of amides is 1. The van der Waals surface area contributed by atoms with Gasteiger partial charge in [-0.1, -0.05) is 0 Å². The van der Waals surface area contributed by atoms with E-state index in [0.717, 1.165) is 0 Å². The van der Waals surface area contributed by atoms with Crippen molar-refractivity contribution in [3.63, 3.8) is 0 Å². The van der Waals surface area contributed by atoms with Crippen LogP contribution in [0.3, 0.4) is 0 Å². The number of hydrogen-bond acceptors (Lipinski definition) is 10. The summed E-state index contributed by atoms with van der Waals surface area (Å²) in [4.78, 5) is 30.6. The summed E-state index contributed by atoms with van der Waals surface area (Å²) < 4.78 is 25.3. The van der Waals surface area contributed by atoms with Crippen LogP contribution in [0.15, 0.2) is 18.6 Å². The Morgan fingerprint density at radius 2 is 2.13 bits per heavy atom. The molecule has 2 atom stereocenters. The molecule has 1 amide bonds. The van der Waals surface area contributed by atoms with Gasteiger partial charge < -0.3 is 14.8 Å². The summed E-state index contributed by atoms with van der Waals surface area (Å²) in [6, 6.07) is 0.712. The van der Waals surface area contributed by atoms with Crippen LogP contribution in [0.5, 0.6) is 5.88 Å². The van der Waals surface area contributed by atoms with Gasteiger partial charge in [-0.25, -0.2) is 19.1 Å². The number of nitrogens with one attached hydrogen (secondary N) is 1. The fourth-order valence-electron chi connectivity index (χ4n) is 3.00. The van der Waals surface area contributed by atoms with Crippen molar-refractivity contribution in [2.24, 2.45) is 0 Å². The third-order valence-corrected chi connectivity index (χ3v) is 4.59. The largest absolute Gasteiger partial charge is 0.478 e. The number of methoxy groups -OCH3 is 1. The van der Waals surface area contributed by atoms with Crippen molar-refractivity contribution >= 4 is 18.0 Å². The lowest BCUT2D eigenvalue weighted by Crippen LogP contribution is -2.33. The van der Waals surface area contributed by atoms with E-state index in [9.17, 15) is 9.18 Å². The van der Waals surface area contributed by atoms with Crippen molar-refractivity contribution in [3.05, 3.63) is 35.9 Å². The van der Waals surface area contributed by atoms with Gasteiger partial charge in [-0.2, -0.15) is 15.0 Å².